The monoisotopic (exact) mass is 203 g/mol. The highest BCUT2D eigenvalue weighted by Gasteiger charge is 1.92. The molecule has 0 saturated carbocycles. The zero-order valence-corrected chi connectivity index (χ0v) is 8.98. The number of hydrogen-bond acceptors (Lipinski definition) is 2. The summed E-state index contributed by atoms with van der Waals surface area (Å²) >= 11 is 0. The van der Waals surface area contributed by atoms with E-state index >= 15 is 0 Å². The van der Waals surface area contributed by atoms with Crippen molar-refractivity contribution in [2.24, 2.45) is 4.99 Å². The molecular weight excluding hydrogens is 186 g/mol. The van der Waals surface area contributed by atoms with Gasteiger partial charge in [0.2, 0.25) is 6.08 Å². The van der Waals surface area contributed by atoms with E-state index in [1.165, 1.54) is 18.4 Å². The molecule has 15 heavy (non-hydrogen) atoms. The molecule has 0 heterocycles. The van der Waals surface area contributed by atoms with Crippen LogP contribution in [0.4, 0.5) is 0 Å². The van der Waals surface area contributed by atoms with Crippen molar-refractivity contribution in [3.05, 3.63) is 35.9 Å². The highest BCUT2D eigenvalue weighted by Crippen LogP contribution is 2.07. The Kier molecular flexibility index (Phi) is 6.19. The second-order valence-corrected chi connectivity index (χ2v) is 3.62. The predicted molar refractivity (Wildman–Crippen MR) is 61.6 cm³/mol. The van der Waals surface area contributed by atoms with Gasteiger partial charge >= 0.3 is 0 Å². The Bertz CT molecular complexity index is 302. The third-order valence-electron chi connectivity index (χ3n) is 2.39. The van der Waals surface area contributed by atoms with Crippen molar-refractivity contribution in [3.63, 3.8) is 0 Å². The fraction of sp³-hybridized carbons (Fsp3) is 0.462. The van der Waals surface area contributed by atoms with E-state index in [1.807, 2.05) is 6.07 Å². The summed E-state index contributed by atoms with van der Waals surface area (Å²) in [7, 11) is 0. The Balaban J connectivity index is 2.00. The first-order chi connectivity index (χ1) is 7.43. The number of aliphatic imine (C=N–C) groups is 1. The van der Waals surface area contributed by atoms with E-state index in [2.05, 4.69) is 29.3 Å². The van der Waals surface area contributed by atoms with Gasteiger partial charge in [-0.15, -0.1) is 0 Å². The van der Waals surface area contributed by atoms with Crippen LogP contribution in [0, 0.1) is 0 Å². The first kappa shape index (κ1) is 11.7. The Hall–Kier alpha value is -1.40. The third-order valence-corrected chi connectivity index (χ3v) is 2.39. The number of aryl methyl sites for hydroxylation is 1. The first-order valence-electron chi connectivity index (χ1n) is 5.51. The topological polar surface area (TPSA) is 29.4 Å². The standard InChI is InChI=1S/C13H17NO/c15-12-14-11-7-2-1-4-8-13-9-5-3-6-10-13/h3,5-6,9-10H,1-2,4,7-8,11H2. The van der Waals surface area contributed by atoms with Crippen LogP contribution in [0.1, 0.15) is 31.2 Å². The highest BCUT2D eigenvalue weighted by atomic mass is 16.1. The Labute approximate surface area is 91.0 Å². The molecule has 0 unspecified atom stereocenters. The van der Waals surface area contributed by atoms with Crippen molar-refractivity contribution in [2.75, 3.05) is 6.54 Å². The van der Waals surface area contributed by atoms with Crippen LogP contribution in [0.5, 0.6) is 0 Å². The van der Waals surface area contributed by atoms with Gasteiger partial charge < -0.3 is 0 Å². The number of nitrogens with zero attached hydrogens (tertiary/aromatic N) is 1. The zero-order valence-electron chi connectivity index (χ0n) is 8.98. The van der Waals surface area contributed by atoms with Crippen LogP contribution < -0.4 is 0 Å². The fourth-order valence-electron chi connectivity index (χ4n) is 1.56. The highest BCUT2D eigenvalue weighted by molar-refractivity contribution is 5.32. The summed E-state index contributed by atoms with van der Waals surface area (Å²) in [5, 5.41) is 0. The lowest BCUT2D eigenvalue weighted by Gasteiger charge is -2.00. The molecule has 0 saturated heterocycles. The average molecular weight is 203 g/mol. The molecule has 1 rings (SSSR count). The van der Waals surface area contributed by atoms with Gasteiger partial charge in [-0.05, 0) is 24.8 Å². The van der Waals surface area contributed by atoms with Crippen molar-refractivity contribution in [3.8, 4) is 0 Å². The Morgan fingerprint density at radius 3 is 2.47 bits per heavy atom. The third kappa shape index (κ3) is 5.82. The number of carbonyl (C=O) groups excluding carboxylic acids is 1. The second-order valence-electron chi connectivity index (χ2n) is 3.62. The maximum Gasteiger partial charge on any atom is 0.234 e. The SMILES string of the molecule is O=C=NCCCCCCc1ccccc1. The lowest BCUT2D eigenvalue weighted by atomic mass is 10.1. The van der Waals surface area contributed by atoms with Gasteiger partial charge in [0.15, 0.2) is 0 Å². The summed E-state index contributed by atoms with van der Waals surface area (Å²) in [5.74, 6) is 0. The van der Waals surface area contributed by atoms with Crippen LogP contribution in [0.25, 0.3) is 0 Å². The molecule has 0 bridgehead atoms. The van der Waals surface area contributed by atoms with Gasteiger partial charge in [0.05, 0.1) is 6.54 Å². The van der Waals surface area contributed by atoms with Gasteiger partial charge in [-0.3, -0.25) is 0 Å². The van der Waals surface area contributed by atoms with Gasteiger partial charge in [0.25, 0.3) is 0 Å². The number of rotatable bonds is 7. The molecule has 2 heteroatoms. The van der Waals surface area contributed by atoms with Crippen molar-refractivity contribution < 1.29 is 4.79 Å². The van der Waals surface area contributed by atoms with E-state index in [-0.39, 0.29) is 0 Å². The van der Waals surface area contributed by atoms with E-state index in [9.17, 15) is 4.79 Å². The molecule has 0 aliphatic carbocycles. The van der Waals surface area contributed by atoms with Crippen molar-refractivity contribution in [2.45, 2.75) is 32.1 Å². The number of isocyanates is 1. The minimum absolute atomic E-state index is 0.634. The molecule has 0 N–H and O–H groups in total. The molecule has 0 aliphatic heterocycles. The fourth-order valence-corrected chi connectivity index (χ4v) is 1.56. The van der Waals surface area contributed by atoms with E-state index in [0.717, 1.165) is 19.3 Å². The van der Waals surface area contributed by atoms with Crippen LogP contribution in [-0.2, 0) is 11.2 Å². The molecular formula is C13H17NO. The van der Waals surface area contributed by atoms with Crippen molar-refractivity contribution in [1.29, 1.82) is 0 Å². The summed E-state index contributed by atoms with van der Waals surface area (Å²) in [6.45, 7) is 0.634. The van der Waals surface area contributed by atoms with Gasteiger partial charge in [-0.1, -0.05) is 43.2 Å². The molecule has 2 nitrogen and oxygen atoms in total. The molecule has 1 aromatic carbocycles. The minimum Gasteiger partial charge on any atom is -0.211 e. The van der Waals surface area contributed by atoms with Crippen molar-refractivity contribution >= 4 is 6.08 Å². The average Bonchev–Trinajstić information content (AvgIpc) is 2.29. The molecule has 0 radical (unpaired) electrons. The quantitative estimate of drug-likeness (QED) is 0.380. The van der Waals surface area contributed by atoms with Gasteiger partial charge in [0.1, 0.15) is 0 Å². The lowest BCUT2D eigenvalue weighted by molar-refractivity contribution is 0.561. The Morgan fingerprint density at radius 2 is 1.73 bits per heavy atom. The van der Waals surface area contributed by atoms with Gasteiger partial charge in [0, 0.05) is 0 Å². The summed E-state index contributed by atoms with van der Waals surface area (Å²) in [6, 6.07) is 10.5. The van der Waals surface area contributed by atoms with Crippen LogP contribution in [0.3, 0.4) is 0 Å². The molecule has 0 spiro atoms. The maximum atomic E-state index is 9.79. The number of benzene rings is 1. The van der Waals surface area contributed by atoms with E-state index in [4.69, 9.17) is 0 Å². The van der Waals surface area contributed by atoms with Crippen LogP contribution in [0.2, 0.25) is 0 Å². The van der Waals surface area contributed by atoms with E-state index in [0.29, 0.717) is 6.54 Å². The van der Waals surface area contributed by atoms with Gasteiger partial charge in [-0.2, -0.15) is 0 Å². The maximum absolute atomic E-state index is 9.79. The number of hydrogen-bond donors (Lipinski definition) is 0. The van der Waals surface area contributed by atoms with Gasteiger partial charge in [-0.25, -0.2) is 9.79 Å². The zero-order chi connectivity index (χ0) is 10.8. The number of unbranched alkanes of at least 4 members (excludes halogenated alkanes) is 3. The van der Waals surface area contributed by atoms with Crippen LogP contribution in [-0.4, -0.2) is 12.6 Å². The van der Waals surface area contributed by atoms with E-state index < -0.39 is 0 Å². The molecule has 0 aromatic heterocycles. The molecule has 0 atom stereocenters. The summed E-state index contributed by atoms with van der Waals surface area (Å²) in [4.78, 5) is 13.3. The van der Waals surface area contributed by atoms with E-state index in [1.54, 1.807) is 6.08 Å². The normalized spacial score (nSPS) is 9.60. The molecule has 0 amide bonds. The smallest absolute Gasteiger partial charge is 0.211 e. The van der Waals surface area contributed by atoms with Crippen molar-refractivity contribution in [1.82, 2.24) is 0 Å². The summed E-state index contributed by atoms with van der Waals surface area (Å²) < 4.78 is 0. The second kappa shape index (κ2) is 7.95. The first-order valence-corrected chi connectivity index (χ1v) is 5.51. The largest absolute Gasteiger partial charge is 0.234 e. The molecule has 80 valence electrons. The minimum atomic E-state index is 0.634. The molecule has 0 fully saturated rings. The lowest BCUT2D eigenvalue weighted by Crippen LogP contribution is -1.86. The summed E-state index contributed by atoms with van der Waals surface area (Å²) in [5.41, 5.74) is 1.41. The summed E-state index contributed by atoms with van der Waals surface area (Å²) in [6.07, 6.45) is 7.29. The predicted octanol–water partition coefficient (Wildman–Crippen LogP) is 3.13. The molecule has 0 aliphatic rings. The Morgan fingerprint density at radius 1 is 1.00 bits per heavy atom. The van der Waals surface area contributed by atoms with Crippen LogP contribution in [0.15, 0.2) is 35.3 Å². The van der Waals surface area contributed by atoms with Crippen LogP contribution >= 0.6 is 0 Å². The molecule has 1 aromatic rings.